The van der Waals surface area contributed by atoms with Crippen LogP contribution in [0.1, 0.15) is 17.2 Å². The lowest BCUT2D eigenvalue weighted by molar-refractivity contribution is 0.408. The molecule has 0 saturated heterocycles. The minimum absolute atomic E-state index is 0.0690. The summed E-state index contributed by atoms with van der Waals surface area (Å²) in [6, 6.07) is 13.7. The van der Waals surface area contributed by atoms with Gasteiger partial charge in [0, 0.05) is 14.6 Å². The SMILES string of the molecule is COc1ccc(Cl)cc1CC(N)c1ccccc1I. The topological polar surface area (TPSA) is 35.2 Å². The number of hydrogen-bond acceptors (Lipinski definition) is 2. The highest BCUT2D eigenvalue weighted by Crippen LogP contribution is 2.28. The fourth-order valence-electron chi connectivity index (χ4n) is 2.03. The molecule has 0 bridgehead atoms. The van der Waals surface area contributed by atoms with Crippen LogP contribution in [-0.2, 0) is 6.42 Å². The molecule has 0 saturated carbocycles. The zero-order valence-electron chi connectivity index (χ0n) is 10.6. The van der Waals surface area contributed by atoms with Gasteiger partial charge in [-0.15, -0.1) is 0 Å². The Morgan fingerprint density at radius 1 is 1.26 bits per heavy atom. The van der Waals surface area contributed by atoms with E-state index in [1.807, 2.05) is 30.3 Å². The zero-order chi connectivity index (χ0) is 13.8. The molecule has 2 aromatic rings. The molecule has 2 N–H and O–H groups in total. The second-order valence-corrected chi connectivity index (χ2v) is 5.89. The molecule has 0 aromatic heterocycles. The average Bonchev–Trinajstić information content (AvgIpc) is 2.39. The lowest BCUT2D eigenvalue weighted by atomic mass is 9.99. The van der Waals surface area contributed by atoms with Crippen molar-refractivity contribution in [3.63, 3.8) is 0 Å². The number of benzene rings is 2. The molecule has 1 unspecified atom stereocenters. The Labute approximate surface area is 132 Å². The number of halogens is 2. The van der Waals surface area contributed by atoms with E-state index >= 15 is 0 Å². The summed E-state index contributed by atoms with van der Waals surface area (Å²) in [5.41, 5.74) is 8.47. The van der Waals surface area contributed by atoms with E-state index in [1.165, 1.54) is 3.57 Å². The molecule has 2 nitrogen and oxygen atoms in total. The first kappa shape index (κ1) is 14.6. The van der Waals surface area contributed by atoms with Gasteiger partial charge in [0.25, 0.3) is 0 Å². The van der Waals surface area contributed by atoms with Crippen molar-refractivity contribution in [3.8, 4) is 5.75 Å². The molecule has 0 spiro atoms. The predicted octanol–water partition coefficient (Wildman–Crippen LogP) is 4.20. The molecule has 0 aliphatic rings. The molecule has 2 aromatic carbocycles. The summed E-state index contributed by atoms with van der Waals surface area (Å²) in [7, 11) is 1.66. The first-order chi connectivity index (χ1) is 9.11. The summed E-state index contributed by atoms with van der Waals surface area (Å²) in [4.78, 5) is 0. The highest BCUT2D eigenvalue weighted by Gasteiger charge is 2.13. The Morgan fingerprint density at radius 3 is 2.68 bits per heavy atom. The average molecular weight is 388 g/mol. The highest BCUT2D eigenvalue weighted by atomic mass is 127. The number of rotatable bonds is 4. The van der Waals surface area contributed by atoms with Crippen LogP contribution in [0.25, 0.3) is 0 Å². The van der Waals surface area contributed by atoms with Crippen LogP contribution < -0.4 is 10.5 Å². The molecule has 1 atom stereocenters. The molecular formula is C15H15ClINO. The zero-order valence-corrected chi connectivity index (χ0v) is 13.5. The van der Waals surface area contributed by atoms with Crippen LogP contribution in [0.4, 0.5) is 0 Å². The van der Waals surface area contributed by atoms with Gasteiger partial charge in [-0.25, -0.2) is 0 Å². The monoisotopic (exact) mass is 387 g/mol. The number of methoxy groups -OCH3 is 1. The maximum atomic E-state index is 6.30. The lowest BCUT2D eigenvalue weighted by Crippen LogP contribution is -2.15. The van der Waals surface area contributed by atoms with Gasteiger partial charge < -0.3 is 10.5 Å². The molecule has 0 aliphatic carbocycles. The first-order valence-electron chi connectivity index (χ1n) is 5.94. The van der Waals surface area contributed by atoms with E-state index in [2.05, 4.69) is 34.7 Å². The van der Waals surface area contributed by atoms with Gasteiger partial charge in [-0.1, -0.05) is 29.8 Å². The molecule has 0 amide bonds. The Bertz CT molecular complexity index is 574. The summed E-state index contributed by atoms with van der Waals surface area (Å²) >= 11 is 8.34. The fraction of sp³-hybridized carbons (Fsp3) is 0.200. The van der Waals surface area contributed by atoms with E-state index < -0.39 is 0 Å². The van der Waals surface area contributed by atoms with E-state index in [4.69, 9.17) is 22.1 Å². The standard InChI is InChI=1S/C15H15ClINO/c1-19-15-7-6-11(16)8-10(15)9-14(18)12-4-2-3-5-13(12)17/h2-8,14H,9,18H2,1H3. The summed E-state index contributed by atoms with van der Waals surface area (Å²) in [6.45, 7) is 0. The van der Waals surface area contributed by atoms with E-state index in [1.54, 1.807) is 7.11 Å². The van der Waals surface area contributed by atoms with Crippen molar-refractivity contribution in [2.75, 3.05) is 7.11 Å². The van der Waals surface area contributed by atoms with Gasteiger partial charge >= 0.3 is 0 Å². The Balaban J connectivity index is 2.26. The quantitative estimate of drug-likeness (QED) is 0.798. The van der Waals surface area contributed by atoms with Gasteiger partial charge in [-0.2, -0.15) is 0 Å². The third-order valence-electron chi connectivity index (χ3n) is 2.99. The third kappa shape index (κ3) is 3.61. The molecule has 0 radical (unpaired) electrons. The van der Waals surface area contributed by atoms with Crippen LogP contribution in [0.2, 0.25) is 5.02 Å². The van der Waals surface area contributed by atoms with Crippen molar-refractivity contribution in [1.82, 2.24) is 0 Å². The van der Waals surface area contributed by atoms with Gasteiger partial charge in [0.05, 0.1) is 7.11 Å². The minimum Gasteiger partial charge on any atom is -0.496 e. The van der Waals surface area contributed by atoms with E-state index in [0.29, 0.717) is 11.4 Å². The molecule has 0 aliphatic heterocycles. The maximum absolute atomic E-state index is 6.30. The van der Waals surface area contributed by atoms with Crippen molar-refractivity contribution < 1.29 is 4.74 Å². The van der Waals surface area contributed by atoms with Crippen LogP contribution in [0, 0.1) is 3.57 Å². The highest BCUT2D eigenvalue weighted by molar-refractivity contribution is 14.1. The third-order valence-corrected chi connectivity index (χ3v) is 4.20. The summed E-state index contributed by atoms with van der Waals surface area (Å²) < 4.78 is 6.53. The first-order valence-corrected chi connectivity index (χ1v) is 7.40. The van der Waals surface area contributed by atoms with Gasteiger partial charge in [-0.3, -0.25) is 0 Å². The van der Waals surface area contributed by atoms with Crippen LogP contribution in [0.15, 0.2) is 42.5 Å². The summed E-state index contributed by atoms with van der Waals surface area (Å²) in [5.74, 6) is 0.825. The number of ether oxygens (including phenoxy) is 1. The van der Waals surface area contributed by atoms with Crippen molar-refractivity contribution in [2.24, 2.45) is 5.73 Å². The van der Waals surface area contributed by atoms with Crippen molar-refractivity contribution >= 4 is 34.2 Å². The lowest BCUT2D eigenvalue weighted by Gasteiger charge is -2.16. The number of hydrogen-bond donors (Lipinski definition) is 1. The molecule has 4 heteroatoms. The second-order valence-electron chi connectivity index (χ2n) is 4.29. The van der Waals surface area contributed by atoms with Crippen LogP contribution in [0.5, 0.6) is 5.75 Å². The van der Waals surface area contributed by atoms with Gasteiger partial charge in [0.1, 0.15) is 5.75 Å². The smallest absolute Gasteiger partial charge is 0.122 e. The number of nitrogens with two attached hydrogens (primary N) is 1. The second kappa shape index (κ2) is 6.59. The van der Waals surface area contributed by atoms with Gasteiger partial charge in [-0.05, 0) is 64.4 Å². The minimum atomic E-state index is -0.0690. The van der Waals surface area contributed by atoms with Crippen LogP contribution in [-0.4, -0.2) is 7.11 Å². The normalized spacial score (nSPS) is 12.2. The van der Waals surface area contributed by atoms with Crippen LogP contribution >= 0.6 is 34.2 Å². The molecule has 19 heavy (non-hydrogen) atoms. The molecule has 0 fully saturated rings. The fourth-order valence-corrected chi connectivity index (χ4v) is 3.01. The van der Waals surface area contributed by atoms with Crippen molar-refractivity contribution in [3.05, 3.63) is 62.2 Å². The maximum Gasteiger partial charge on any atom is 0.122 e. The van der Waals surface area contributed by atoms with Gasteiger partial charge in [0.15, 0.2) is 0 Å². The van der Waals surface area contributed by atoms with E-state index in [0.717, 1.165) is 16.9 Å². The largest absolute Gasteiger partial charge is 0.496 e. The van der Waals surface area contributed by atoms with E-state index in [-0.39, 0.29) is 6.04 Å². The predicted molar refractivity (Wildman–Crippen MR) is 87.8 cm³/mol. The Kier molecular flexibility index (Phi) is 5.07. The summed E-state index contributed by atoms with van der Waals surface area (Å²) in [5, 5.41) is 0.700. The Hall–Kier alpha value is -0.780. The molecule has 100 valence electrons. The van der Waals surface area contributed by atoms with E-state index in [9.17, 15) is 0 Å². The summed E-state index contributed by atoms with van der Waals surface area (Å²) in [6.07, 6.45) is 0.698. The molecular weight excluding hydrogens is 373 g/mol. The van der Waals surface area contributed by atoms with Crippen molar-refractivity contribution in [2.45, 2.75) is 12.5 Å². The Morgan fingerprint density at radius 2 is 2.00 bits per heavy atom. The molecule has 0 heterocycles. The van der Waals surface area contributed by atoms with Crippen LogP contribution in [0.3, 0.4) is 0 Å². The van der Waals surface area contributed by atoms with Gasteiger partial charge in [0.2, 0.25) is 0 Å². The molecule has 2 rings (SSSR count). The van der Waals surface area contributed by atoms with Crippen molar-refractivity contribution in [1.29, 1.82) is 0 Å².